The van der Waals surface area contributed by atoms with Crippen LogP contribution in [0.3, 0.4) is 0 Å². The van der Waals surface area contributed by atoms with Crippen molar-refractivity contribution >= 4 is 24.2 Å². The van der Waals surface area contributed by atoms with Gasteiger partial charge in [0.1, 0.15) is 0 Å². The highest BCUT2D eigenvalue weighted by Crippen LogP contribution is 2.28. The molecule has 0 aromatic rings. The predicted molar refractivity (Wildman–Crippen MR) is 82.7 cm³/mol. The highest BCUT2D eigenvalue weighted by molar-refractivity contribution is 5.85. The molecule has 0 aromatic heterocycles. The summed E-state index contributed by atoms with van der Waals surface area (Å²) in [6.07, 6.45) is 2.29. The first kappa shape index (κ1) is 19.2. The largest absolute Gasteiger partial charge is 0.347 e. The highest BCUT2D eigenvalue weighted by Gasteiger charge is 2.34. The fraction of sp³-hybridized carbons (Fsp3) is 0.857. The third-order valence-corrected chi connectivity index (χ3v) is 3.79. The van der Waals surface area contributed by atoms with Gasteiger partial charge in [0.25, 0.3) is 0 Å². The average Bonchev–Trinajstić information content (AvgIpc) is 2.77. The quantitative estimate of drug-likeness (QED) is 0.773. The van der Waals surface area contributed by atoms with Crippen LogP contribution in [0.5, 0.6) is 0 Å². The van der Waals surface area contributed by atoms with Crippen LogP contribution in [0.4, 0.5) is 0 Å². The Morgan fingerprint density at radius 2 is 2.05 bits per heavy atom. The topological polar surface area (TPSA) is 75.4 Å². The molecule has 1 heterocycles. The second-order valence-corrected chi connectivity index (χ2v) is 6.29. The molecule has 0 saturated carbocycles. The van der Waals surface area contributed by atoms with E-state index < -0.39 is 0 Å². The minimum Gasteiger partial charge on any atom is -0.347 e. The molecule has 1 atom stereocenters. The molecule has 1 aliphatic rings. The summed E-state index contributed by atoms with van der Waals surface area (Å²) in [7, 11) is 0. The van der Waals surface area contributed by atoms with Gasteiger partial charge in [-0.3, -0.25) is 9.59 Å². The smallest absolute Gasteiger partial charge is 0.241 e. The second-order valence-electron chi connectivity index (χ2n) is 6.29. The van der Waals surface area contributed by atoms with Crippen LogP contribution in [0.2, 0.25) is 0 Å². The Bertz CT molecular complexity index is 336. The number of carbonyl (C=O) groups is 2. The fourth-order valence-corrected chi connectivity index (χ4v) is 2.20. The minimum absolute atomic E-state index is 0. The maximum absolute atomic E-state index is 12.0. The van der Waals surface area contributed by atoms with Gasteiger partial charge in [0.2, 0.25) is 11.8 Å². The first-order valence-corrected chi connectivity index (χ1v) is 7.11. The molecule has 118 valence electrons. The van der Waals surface area contributed by atoms with Gasteiger partial charge in [-0.15, -0.1) is 12.4 Å². The van der Waals surface area contributed by atoms with Crippen LogP contribution in [0.25, 0.3) is 0 Å². The molecule has 1 aliphatic heterocycles. The van der Waals surface area contributed by atoms with Crippen LogP contribution >= 0.6 is 12.4 Å². The molecule has 0 radical (unpaired) electrons. The molecule has 0 aromatic carbocycles. The Balaban J connectivity index is 0.00000361. The zero-order valence-electron chi connectivity index (χ0n) is 12.8. The molecule has 0 bridgehead atoms. The fourth-order valence-electron chi connectivity index (χ4n) is 2.20. The van der Waals surface area contributed by atoms with Crippen molar-refractivity contribution < 1.29 is 9.59 Å². The van der Waals surface area contributed by atoms with Gasteiger partial charge in [0, 0.05) is 19.5 Å². The first-order chi connectivity index (χ1) is 8.86. The molecule has 0 aliphatic carbocycles. The summed E-state index contributed by atoms with van der Waals surface area (Å²) >= 11 is 0. The minimum atomic E-state index is -0.0390. The van der Waals surface area contributed by atoms with Gasteiger partial charge in [-0.05, 0) is 30.7 Å². The number of halogens is 1. The molecule has 3 N–H and O–H groups in total. The molecule has 0 spiro atoms. The lowest BCUT2D eigenvalue weighted by atomic mass is 9.90. The summed E-state index contributed by atoms with van der Waals surface area (Å²) in [5.74, 6) is 0.461. The summed E-state index contributed by atoms with van der Waals surface area (Å²) < 4.78 is 0. The highest BCUT2D eigenvalue weighted by atomic mass is 35.5. The monoisotopic (exact) mass is 305 g/mol. The number of nitrogens with one attached hydrogen (secondary N) is 1. The van der Waals surface area contributed by atoms with Crippen molar-refractivity contribution in [2.45, 2.75) is 40.0 Å². The third kappa shape index (κ3) is 6.09. The molecule has 5 nitrogen and oxygen atoms in total. The van der Waals surface area contributed by atoms with E-state index in [4.69, 9.17) is 5.73 Å². The van der Waals surface area contributed by atoms with E-state index in [-0.39, 0.29) is 36.2 Å². The predicted octanol–water partition coefficient (Wildman–Crippen LogP) is 1.16. The van der Waals surface area contributed by atoms with Gasteiger partial charge >= 0.3 is 0 Å². The standard InChI is InChI=1S/C14H27N3O2.ClH/c1-11(2)4-5-12(18)16-8-13(19)17-7-6-14(3,9-15)10-17;/h11H,4-10,15H2,1-3H3,(H,16,18);1H. The average molecular weight is 306 g/mol. The number of hydrogen-bond donors (Lipinski definition) is 2. The number of nitrogens with zero attached hydrogens (tertiary/aromatic N) is 1. The lowest BCUT2D eigenvalue weighted by molar-refractivity contribution is -0.132. The van der Waals surface area contributed by atoms with Gasteiger partial charge in [-0.1, -0.05) is 20.8 Å². The van der Waals surface area contributed by atoms with E-state index in [2.05, 4.69) is 26.1 Å². The van der Waals surface area contributed by atoms with Crippen molar-refractivity contribution in [2.75, 3.05) is 26.2 Å². The molecule has 6 heteroatoms. The number of rotatable bonds is 6. The Morgan fingerprint density at radius 1 is 1.40 bits per heavy atom. The molecule has 1 unspecified atom stereocenters. The normalized spacial score (nSPS) is 21.8. The van der Waals surface area contributed by atoms with Gasteiger partial charge in [0.05, 0.1) is 6.54 Å². The Kier molecular flexibility index (Phi) is 8.13. The maximum atomic E-state index is 12.0. The molecule has 1 fully saturated rings. The first-order valence-electron chi connectivity index (χ1n) is 7.11. The summed E-state index contributed by atoms with van der Waals surface area (Å²) in [6.45, 7) is 8.40. The molecule has 1 saturated heterocycles. The van der Waals surface area contributed by atoms with Crippen molar-refractivity contribution in [3.63, 3.8) is 0 Å². The van der Waals surface area contributed by atoms with Gasteiger partial charge < -0.3 is 16.0 Å². The zero-order chi connectivity index (χ0) is 14.5. The number of hydrogen-bond acceptors (Lipinski definition) is 3. The zero-order valence-corrected chi connectivity index (χ0v) is 13.6. The van der Waals surface area contributed by atoms with Crippen molar-refractivity contribution in [1.82, 2.24) is 10.2 Å². The third-order valence-electron chi connectivity index (χ3n) is 3.79. The second kappa shape index (κ2) is 8.47. The van der Waals surface area contributed by atoms with Crippen molar-refractivity contribution in [3.8, 4) is 0 Å². The lowest BCUT2D eigenvalue weighted by Gasteiger charge is -2.22. The maximum Gasteiger partial charge on any atom is 0.241 e. The Labute approximate surface area is 128 Å². The number of amides is 2. The number of carbonyl (C=O) groups excluding carboxylic acids is 2. The van der Waals surface area contributed by atoms with E-state index in [1.165, 1.54) is 0 Å². The number of likely N-dealkylation sites (tertiary alicyclic amines) is 1. The van der Waals surface area contributed by atoms with Crippen LogP contribution in [0, 0.1) is 11.3 Å². The van der Waals surface area contributed by atoms with E-state index in [1.54, 1.807) is 4.90 Å². The van der Waals surface area contributed by atoms with E-state index in [0.717, 1.165) is 19.4 Å². The summed E-state index contributed by atoms with van der Waals surface area (Å²) in [5.41, 5.74) is 5.75. The number of nitrogens with two attached hydrogens (primary N) is 1. The van der Waals surface area contributed by atoms with Crippen molar-refractivity contribution in [3.05, 3.63) is 0 Å². The molecular formula is C14H28ClN3O2. The van der Waals surface area contributed by atoms with E-state index in [1.807, 2.05) is 0 Å². The van der Waals surface area contributed by atoms with Gasteiger partial charge in [-0.25, -0.2) is 0 Å². The van der Waals surface area contributed by atoms with Gasteiger partial charge in [0.15, 0.2) is 0 Å². The molecular weight excluding hydrogens is 278 g/mol. The SMILES string of the molecule is CC(C)CCC(=O)NCC(=O)N1CCC(C)(CN)C1.Cl. The summed E-state index contributed by atoms with van der Waals surface area (Å²) in [6, 6.07) is 0. The van der Waals surface area contributed by atoms with E-state index in [9.17, 15) is 9.59 Å². The van der Waals surface area contributed by atoms with Crippen LogP contribution in [0.15, 0.2) is 0 Å². The van der Waals surface area contributed by atoms with Crippen LogP contribution in [0.1, 0.15) is 40.0 Å². The summed E-state index contributed by atoms with van der Waals surface area (Å²) in [4.78, 5) is 25.3. The van der Waals surface area contributed by atoms with E-state index >= 15 is 0 Å². The van der Waals surface area contributed by atoms with Crippen molar-refractivity contribution in [2.24, 2.45) is 17.1 Å². The molecule has 1 rings (SSSR count). The van der Waals surface area contributed by atoms with Crippen LogP contribution in [-0.2, 0) is 9.59 Å². The summed E-state index contributed by atoms with van der Waals surface area (Å²) in [5, 5.41) is 2.70. The Hall–Kier alpha value is -0.810. The van der Waals surface area contributed by atoms with Crippen LogP contribution < -0.4 is 11.1 Å². The van der Waals surface area contributed by atoms with Gasteiger partial charge in [-0.2, -0.15) is 0 Å². The molecule has 20 heavy (non-hydrogen) atoms. The molecule has 2 amide bonds. The lowest BCUT2D eigenvalue weighted by Crippen LogP contribution is -2.40. The van der Waals surface area contributed by atoms with Crippen molar-refractivity contribution in [1.29, 1.82) is 0 Å². The van der Waals surface area contributed by atoms with E-state index in [0.29, 0.717) is 25.4 Å². The van der Waals surface area contributed by atoms with Crippen LogP contribution in [-0.4, -0.2) is 42.9 Å². The Morgan fingerprint density at radius 3 is 2.55 bits per heavy atom.